The number of anilines is 1. The second-order valence-corrected chi connectivity index (χ2v) is 4.98. The summed E-state index contributed by atoms with van der Waals surface area (Å²) in [6.07, 6.45) is 5.21. The van der Waals surface area contributed by atoms with Gasteiger partial charge < -0.3 is 10.2 Å². The molecule has 1 aromatic rings. The third-order valence-corrected chi connectivity index (χ3v) is 3.57. The molecule has 2 nitrogen and oxygen atoms in total. The SMILES string of the molecule is CN(C)C1CCC(Nc2ccccc2)CC1. The summed E-state index contributed by atoms with van der Waals surface area (Å²) in [5.74, 6) is 0. The van der Waals surface area contributed by atoms with E-state index in [4.69, 9.17) is 0 Å². The summed E-state index contributed by atoms with van der Waals surface area (Å²) in [6, 6.07) is 12.0. The van der Waals surface area contributed by atoms with Gasteiger partial charge in [-0.3, -0.25) is 0 Å². The molecular weight excluding hydrogens is 196 g/mol. The molecule has 0 bridgehead atoms. The molecule has 2 heteroatoms. The van der Waals surface area contributed by atoms with Gasteiger partial charge in [-0.2, -0.15) is 0 Å². The first-order valence-corrected chi connectivity index (χ1v) is 6.23. The van der Waals surface area contributed by atoms with Crippen LogP contribution >= 0.6 is 0 Å². The Kier molecular flexibility index (Phi) is 3.83. The van der Waals surface area contributed by atoms with Crippen molar-refractivity contribution in [2.75, 3.05) is 19.4 Å². The first-order chi connectivity index (χ1) is 7.75. The van der Waals surface area contributed by atoms with Crippen LogP contribution in [0.1, 0.15) is 25.7 Å². The Morgan fingerprint density at radius 1 is 1.00 bits per heavy atom. The highest BCUT2D eigenvalue weighted by atomic mass is 15.1. The maximum Gasteiger partial charge on any atom is 0.0342 e. The second kappa shape index (κ2) is 5.35. The van der Waals surface area contributed by atoms with Gasteiger partial charge in [0, 0.05) is 17.8 Å². The molecule has 0 spiro atoms. The Balaban J connectivity index is 1.82. The van der Waals surface area contributed by atoms with E-state index in [1.165, 1.54) is 31.4 Å². The second-order valence-electron chi connectivity index (χ2n) is 4.98. The van der Waals surface area contributed by atoms with Crippen LogP contribution in [0, 0.1) is 0 Å². The minimum atomic E-state index is 0.665. The number of hydrogen-bond acceptors (Lipinski definition) is 2. The molecule has 1 fully saturated rings. The van der Waals surface area contributed by atoms with Crippen molar-refractivity contribution in [3.63, 3.8) is 0 Å². The highest BCUT2D eigenvalue weighted by Crippen LogP contribution is 2.24. The smallest absolute Gasteiger partial charge is 0.0342 e. The molecule has 1 aromatic carbocycles. The van der Waals surface area contributed by atoms with Crippen molar-refractivity contribution in [1.82, 2.24) is 4.90 Å². The van der Waals surface area contributed by atoms with E-state index in [1.54, 1.807) is 0 Å². The van der Waals surface area contributed by atoms with Crippen LogP contribution in [0.2, 0.25) is 0 Å². The van der Waals surface area contributed by atoms with Crippen molar-refractivity contribution >= 4 is 5.69 Å². The molecule has 0 unspecified atom stereocenters. The zero-order chi connectivity index (χ0) is 11.4. The standard InChI is InChI=1S/C14H22N2/c1-16(2)14-10-8-13(9-11-14)15-12-6-4-3-5-7-12/h3-7,13-15H,8-11H2,1-2H3. The average molecular weight is 218 g/mol. The fourth-order valence-corrected chi connectivity index (χ4v) is 2.51. The largest absolute Gasteiger partial charge is 0.382 e. The van der Waals surface area contributed by atoms with E-state index in [0.717, 1.165) is 6.04 Å². The number of benzene rings is 1. The molecule has 0 saturated heterocycles. The molecule has 16 heavy (non-hydrogen) atoms. The van der Waals surface area contributed by atoms with Crippen molar-refractivity contribution in [3.05, 3.63) is 30.3 Å². The molecule has 1 saturated carbocycles. The molecule has 0 amide bonds. The van der Waals surface area contributed by atoms with Crippen LogP contribution < -0.4 is 5.32 Å². The lowest BCUT2D eigenvalue weighted by atomic mass is 9.90. The van der Waals surface area contributed by atoms with E-state index in [1.807, 2.05) is 0 Å². The van der Waals surface area contributed by atoms with Gasteiger partial charge >= 0.3 is 0 Å². The summed E-state index contributed by atoms with van der Waals surface area (Å²) in [5.41, 5.74) is 1.26. The van der Waals surface area contributed by atoms with Gasteiger partial charge in [0.1, 0.15) is 0 Å². The molecule has 0 atom stereocenters. The predicted molar refractivity (Wildman–Crippen MR) is 69.8 cm³/mol. The summed E-state index contributed by atoms with van der Waals surface area (Å²) < 4.78 is 0. The predicted octanol–water partition coefficient (Wildman–Crippen LogP) is 2.97. The van der Waals surface area contributed by atoms with Crippen LogP contribution in [-0.2, 0) is 0 Å². The van der Waals surface area contributed by atoms with Gasteiger partial charge in [0.05, 0.1) is 0 Å². The summed E-state index contributed by atoms with van der Waals surface area (Å²) in [7, 11) is 4.38. The topological polar surface area (TPSA) is 15.3 Å². The fraction of sp³-hybridized carbons (Fsp3) is 0.571. The van der Waals surface area contributed by atoms with Gasteiger partial charge in [0.15, 0.2) is 0 Å². The van der Waals surface area contributed by atoms with Crippen LogP contribution in [0.15, 0.2) is 30.3 Å². The summed E-state index contributed by atoms with van der Waals surface area (Å²) >= 11 is 0. The average Bonchev–Trinajstić information content (AvgIpc) is 2.31. The molecule has 0 aliphatic heterocycles. The monoisotopic (exact) mass is 218 g/mol. The lowest BCUT2D eigenvalue weighted by Gasteiger charge is -2.33. The number of hydrogen-bond donors (Lipinski definition) is 1. The van der Waals surface area contributed by atoms with E-state index in [-0.39, 0.29) is 0 Å². The number of nitrogens with zero attached hydrogens (tertiary/aromatic N) is 1. The minimum absolute atomic E-state index is 0.665. The summed E-state index contributed by atoms with van der Waals surface area (Å²) in [5, 5.41) is 3.62. The number of rotatable bonds is 3. The van der Waals surface area contributed by atoms with Crippen LogP contribution in [0.5, 0.6) is 0 Å². The van der Waals surface area contributed by atoms with Crippen LogP contribution in [0.4, 0.5) is 5.69 Å². The normalized spacial score (nSPS) is 25.7. The van der Waals surface area contributed by atoms with Crippen molar-refractivity contribution < 1.29 is 0 Å². The maximum atomic E-state index is 3.62. The lowest BCUT2D eigenvalue weighted by Crippen LogP contribution is -2.36. The minimum Gasteiger partial charge on any atom is -0.382 e. The lowest BCUT2D eigenvalue weighted by molar-refractivity contribution is 0.221. The van der Waals surface area contributed by atoms with Crippen LogP contribution in [0.25, 0.3) is 0 Å². The highest BCUT2D eigenvalue weighted by Gasteiger charge is 2.21. The molecule has 0 aromatic heterocycles. The van der Waals surface area contributed by atoms with Crippen molar-refractivity contribution in [3.8, 4) is 0 Å². The quantitative estimate of drug-likeness (QED) is 0.839. The summed E-state index contributed by atoms with van der Waals surface area (Å²) in [6.45, 7) is 0. The molecule has 1 aliphatic rings. The number of nitrogens with one attached hydrogen (secondary N) is 1. The third-order valence-electron chi connectivity index (χ3n) is 3.57. The first kappa shape index (κ1) is 11.5. The Morgan fingerprint density at radius 2 is 1.62 bits per heavy atom. The molecule has 1 aliphatic carbocycles. The van der Waals surface area contributed by atoms with E-state index in [9.17, 15) is 0 Å². The molecule has 88 valence electrons. The molecule has 0 radical (unpaired) electrons. The molecule has 2 rings (SSSR count). The Bertz CT molecular complexity index is 300. The fourth-order valence-electron chi connectivity index (χ4n) is 2.51. The van der Waals surface area contributed by atoms with Crippen molar-refractivity contribution in [2.45, 2.75) is 37.8 Å². The summed E-state index contributed by atoms with van der Waals surface area (Å²) in [4.78, 5) is 2.36. The van der Waals surface area contributed by atoms with Gasteiger partial charge in [0.25, 0.3) is 0 Å². The Hall–Kier alpha value is -1.02. The zero-order valence-corrected chi connectivity index (χ0v) is 10.3. The molecule has 0 heterocycles. The van der Waals surface area contributed by atoms with E-state index in [2.05, 4.69) is 54.6 Å². The molecule has 1 N–H and O–H groups in total. The zero-order valence-electron chi connectivity index (χ0n) is 10.3. The Labute approximate surface area is 98.7 Å². The van der Waals surface area contributed by atoms with E-state index >= 15 is 0 Å². The molecular formula is C14H22N2. The van der Waals surface area contributed by atoms with Crippen LogP contribution in [0.3, 0.4) is 0 Å². The van der Waals surface area contributed by atoms with Gasteiger partial charge in [-0.1, -0.05) is 18.2 Å². The van der Waals surface area contributed by atoms with Crippen molar-refractivity contribution in [2.24, 2.45) is 0 Å². The van der Waals surface area contributed by atoms with Crippen LogP contribution in [-0.4, -0.2) is 31.1 Å². The maximum absolute atomic E-state index is 3.62. The van der Waals surface area contributed by atoms with E-state index < -0.39 is 0 Å². The highest BCUT2D eigenvalue weighted by molar-refractivity contribution is 5.43. The van der Waals surface area contributed by atoms with Gasteiger partial charge in [0.2, 0.25) is 0 Å². The first-order valence-electron chi connectivity index (χ1n) is 6.23. The Morgan fingerprint density at radius 3 is 2.19 bits per heavy atom. The van der Waals surface area contributed by atoms with Gasteiger partial charge in [-0.25, -0.2) is 0 Å². The van der Waals surface area contributed by atoms with E-state index in [0.29, 0.717) is 6.04 Å². The third kappa shape index (κ3) is 2.99. The van der Waals surface area contributed by atoms with Gasteiger partial charge in [-0.05, 0) is 51.9 Å². The van der Waals surface area contributed by atoms with Crippen molar-refractivity contribution in [1.29, 1.82) is 0 Å². The van der Waals surface area contributed by atoms with Gasteiger partial charge in [-0.15, -0.1) is 0 Å². The number of para-hydroxylation sites is 1.